The van der Waals surface area contributed by atoms with Crippen LogP contribution in [0.4, 0.5) is 21.7 Å². The summed E-state index contributed by atoms with van der Waals surface area (Å²) in [5.74, 6) is -0.598. The van der Waals surface area contributed by atoms with Gasteiger partial charge in [-0.2, -0.15) is 0 Å². The zero-order valence-electron chi connectivity index (χ0n) is 15.6. The third kappa shape index (κ3) is 5.52. The van der Waals surface area contributed by atoms with Gasteiger partial charge in [-0.1, -0.05) is 13.8 Å². The summed E-state index contributed by atoms with van der Waals surface area (Å²) >= 11 is 0. The predicted octanol–water partition coefficient (Wildman–Crippen LogP) is 2.25. The Labute approximate surface area is 157 Å². The number of anilines is 3. The summed E-state index contributed by atoms with van der Waals surface area (Å²) in [6, 6.07) is 4.18. The topological polar surface area (TPSA) is 128 Å². The van der Waals surface area contributed by atoms with Crippen LogP contribution in [0.25, 0.3) is 0 Å². The minimum absolute atomic E-state index is 0.000351. The van der Waals surface area contributed by atoms with E-state index < -0.39 is 11.7 Å². The van der Waals surface area contributed by atoms with Gasteiger partial charge in [-0.3, -0.25) is 4.79 Å². The molecule has 0 aliphatic carbocycles. The van der Waals surface area contributed by atoms with Crippen molar-refractivity contribution in [1.29, 1.82) is 0 Å². The van der Waals surface area contributed by atoms with Crippen molar-refractivity contribution >= 4 is 23.2 Å². The second-order valence-corrected chi connectivity index (χ2v) is 6.50. The van der Waals surface area contributed by atoms with E-state index in [1.165, 1.54) is 13.3 Å². The molecule has 0 bridgehead atoms. The van der Waals surface area contributed by atoms with Crippen molar-refractivity contribution in [3.63, 3.8) is 0 Å². The summed E-state index contributed by atoms with van der Waals surface area (Å²) in [6.07, 6.45) is 2.28. The Morgan fingerprint density at radius 3 is 2.67 bits per heavy atom. The van der Waals surface area contributed by atoms with Gasteiger partial charge in [0.15, 0.2) is 11.6 Å². The molecule has 2 rings (SSSR count). The number of pyridine rings is 2. The molecule has 0 fully saturated rings. The van der Waals surface area contributed by atoms with Gasteiger partial charge in [0.05, 0.1) is 12.7 Å². The molecule has 0 saturated carbocycles. The van der Waals surface area contributed by atoms with Crippen molar-refractivity contribution in [2.24, 2.45) is 17.4 Å². The zero-order valence-corrected chi connectivity index (χ0v) is 15.6. The number of primary amides is 1. The van der Waals surface area contributed by atoms with Crippen LogP contribution < -0.4 is 26.8 Å². The average Bonchev–Trinajstić information content (AvgIpc) is 2.63. The van der Waals surface area contributed by atoms with Crippen LogP contribution in [0.1, 0.15) is 30.6 Å². The van der Waals surface area contributed by atoms with Crippen molar-refractivity contribution < 1.29 is 13.9 Å². The molecule has 6 N–H and O–H groups in total. The van der Waals surface area contributed by atoms with Crippen LogP contribution in [0.5, 0.6) is 5.88 Å². The number of carbonyl (C=O) groups is 1. The molecule has 8 nitrogen and oxygen atoms in total. The highest BCUT2D eigenvalue weighted by atomic mass is 19.1. The third-order valence-electron chi connectivity index (χ3n) is 3.83. The fourth-order valence-electron chi connectivity index (χ4n) is 2.59. The minimum atomic E-state index is -0.797. The molecule has 0 aliphatic rings. The summed E-state index contributed by atoms with van der Waals surface area (Å²) in [4.78, 5) is 20.0. The monoisotopic (exact) mass is 376 g/mol. The molecule has 0 saturated heterocycles. The summed E-state index contributed by atoms with van der Waals surface area (Å²) in [6.45, 7) is 4.42. The van der Waals surface area contributed by atoms with Crippen molar-refractivity contribution in [2.45, 2.75) is 26.3 Å². The maximum absolute atomic E-state index is 14.5. The van der Waals surface area contributed by atoms with Gasteiger partial charge in [-0.25, -0.2) is 14.4 Å². The molecule has 9 heteroatoms. The number of nitrogens with one attached hydrogen (secondary N) is 2. The first kappa shape index (κ1) is 20.4. The van der Waals surface area contributed by atoms with Crippen LogP contribution >= 0.6 is 0 Å². The van der Waals surface area contributed by atoms with Crippen molar-refractivity contribution in [1.82, 2.24) is 9.97 Å². The first-order chi connectivity index (χ1) is 12.8. The Kier molecular flexibility index (Phi) is 6.89. The normalized spacial score (nSPS) is 11.9. The lowest BCUT2D eigenvalue weighted by Crippen LogP contribution is -2.31. The Morgan fingerprint density at radius 1 is 1.33 bits per heavy atom. The van der Waals surface area contributed by atoms with Gasteiger partial charge in [-0.05, 0) is 24.5 Å². The van der Waals surface area contributed by atoms with Gasteiger partial charge in [0, 0.05) is 30.5 Å². The number of methoxy groups -OCH3 is 1. The van der Waals surface area contributed by atoms with Gasteiger partial charge in [-0.15, -0.1) is 0 Å². The fourth-order valence-corrected chi connectivity index (χ4v) is 2.59. The highest BCUT2D eigenvalue weighted by Crippen LogP contribution is 2.25. The van der Waals surface area contributed by atoms with Crippen molar-refractivity contribution in [2.75, 3.05) is 24.3 Å². The van der Waals surface area contributed by atoms with E-state index in [0.29, 0.717) is 24.0 Å². The number of carbonyl (C=O) groups excluding carboxylic acids is 1. The molecule has 0 unspecified atom stereocenters. The van der Waals surface area contributed by atoms with Gasteiger partial charge in [0.1, 0.15) is 5.82 Å². The van der Waals surface area contributed by atoms with E-state index in [1.54, 1.807) is 12.1 Å². The maximum atomic E-state index is 14.5. The van der Waals surface area contributed by atoms with E-state index in [0.717, 1.165) is 12.5 Å². The predicted molar refractivity (Wildman–Crippen MR) is 103 cm³/mol. The lowest BCUT2D eigenvalue weighted by atomic mass is 10.0. The average molecular weight is 376 g/mol. The molecule has 0 spiro atoms. The van der Waals surface area contributed by atoms with Gasteiger partial charge in [0.25, 0.3) is 5.91 Å². The standard InChI is InChI=1S/C18H25FN6O2/c1-10(2)6-12(9-20)24-18-14(19)8-13(16(21)26)17(25-18)23-11-4-5-22-15(7-11)27-3/h4-5,7-8,10,12H,6,9,20H2,1-3H3,(H2,21,26)(H2,22,23,24,25)/t12-/m1/s1. The van der Waals surface area contributed by atoms with Crippen molar-refractivity contribution in [3.05, 3.63) is 35.8 Å². The summed E-state index contributed by atoms with van der Waals surface area (Å²) in [5, 5.41) is 5.96. The number of nitrogens with zero attached hydrogens (tertiary/aromatic N) is 2. The van der Waals surface area contributed by atoms with Crippen LogP contribution in [0.2, 0.25) is 0 Å². The third-order valence-corrected chi connectivity index (χ3v) is 3.83. The number of aromatic nitrogens is 2. The summed E-state index contributed by atoms with van der Waals surface area (Å²) < 4.78 is 19.5. The number of hydrogen-bond donors (Lipinski definition) is 4. The van der Waals surface area contributed by atoms with E-state index >= 15 is 0 Å². The van der Waals surface area contributed by atoms with Gasteiger partial charge >= 0.3 is 0 Å². The van der Waals surface area contributed by atoms with E-state index in [1.807, 2.05) is 13.8 Å². The molecule has 1 atom stereocenters. The largest absolute Gasteiger partial charge is 0.481 e. The number of nitrogens with two attached hydrogens (primary N) is 2. The molecule has 1 amide bonds. The van der Waals surface area contributed by atoms with E-state index in [4.69, 9.17) is 16.2 Å². The highest BCUT2D eigenvalue weighted by Gasteiger charge is 2.19. The smallest absolute Gasteiger partial charge is 0.252 e. The number of hydrogen-bond acceptors (Lipinski definition) is 7. The second kappa shape index (κ2) is 9.13. The molecule has 2 aromatic rings. The van der Waals surface area contributed by atoms with Crippen molar-refractivity contribution in [3.8, 4) is 5.88 Å². The van der Waals surface area contributed by atoms with Crippen LogP contribution in [0, 0.1) is 11.7 Å². The summed E-state index contributed by atoms with van der Waals surface area (Å²) in [7, 11) is 1.49. The maximum Gasteiger partial charge on any atom is 0.252 e. The van der Waals surface area contributed by atoms with Crippen LogP contribution in [0.15, 0.2) is 24.4 Å². The molecular formula is C18H25FN6O2. The minimum Gasteiger partial charge on any atom is -0.481 e. The first-order valence-corrected chi connectivity index (χ1v) is 8.58. The second-order valence-electron chi connectivity index (χ2n) is 6.50. The van der Waals surface area contributed by atoms with E-state index in [-0.39, 0.29) is 23.2 Å². The number of amides is 1. The molecule has 0 aromatic carbocycles. The number of halogens is 1. The van der Waals surface area contributed by atoms with Crippen LogP contribution in [0.3, 0.4) is 0 Å². The SMILES string of the molecule is COc1cc(Nc2nc(N[C@@H](CN)CC(C)C)c(F)cc2C(N)=O)ccn1. The Bertz CT molecular complexity index is 799. The Morgan fingerprint density at radius 2 is 2.07 bits per heavy atom. The Balaban J connectivity index is 2.37. The highest BCUT2D eigenvalue weighted by molar-refractivity contribution is 5.98. The van der Waals surface area contributed by atoms with Gasteiger partial charge < -0.3 is 26.8 Å². The fraction of sp³-hybridized carbons (Fsp3) is 0.389. The van der Waals surface area contributed by atoms with E-state index in [2.05, 4.69) is 20.6 Å². The lowest BCUT2D eigenvalue weighted by molar-refractivity contribution is 0.100. The molecule has 27 heavy (non-hydrogen) atoms. The molecule has 0 aliphatic heterocycles. The first-order valence-electron chi connectivity index (χ1n) is 8.58. The van der Waals surface area contributed by atoms with Crippen LogP contribution in [-0.2, 0) is 0 Å². The van der Waals surface area contributed by atoms with Gasteiger partial charge in [0.2, 0.25) is 5.88 Å². The quantitative estimate of drug-likeness (QED) is 0.528. The van der Waals surface area contributed by atoms with E-state index in [9.17, 15) is 9.18 Å². The molecule has 2 heterocycles. The van der Waals surface area contributed by atoms with Crippen LogP contribution in [-0.4, -0.2) is 35.6 Å². The number of ether oxygens (including phenoxy) is 1. The molecule has 146 valence electrons. The molecule has 2 aromatic heterocycles. The zero-order chi connectivity index (χ0) is 20.0. The summed E-state index contributed by atoms with van der Waals surface area (Å²) in [5.41, 5.74) is 11.6. The Hall–Kier alpha value is -2.94. The molecule has 0 radical (unpaired) electrons. The lowest BCUT2D eigenvalue weighted by Gasteiger charge is -2.21. The number of rotatable bonds is 9. The molecular weight excluding hydrogens is 351 g/mol.